The highest BCUT2D eigenvalue weighted by Crippen LogP contribution is 2.33. The van der Waals surface area contributed by atoms with E-state index in [9.17, 15) is 0 Å². The molecule has 2 atom stereocenters. The second kappa shape index (κ2) is 5.98. The van der Waals surface area contributed by atoms with Crippen LogP contribution in [0.4, 0.5) is 0 Å². The van der Waals surface area contributed by atoms with Crippen LogP contribution in [0.25, 0.3) is 0 Å². The van der Waals surface area contributed by atoms with Crippen molar-refractivity contribution in [3.63, 3.8) is 0 Å². The van der Waals surface area contributed by atoms with Crippen LogP contribution in [0, 0.1) is 11.8 Å². The van der Waals surface area contributed by atoms with Gasteiger partial charge < -0.3 is 5.32 Å². The summed E-state index contributed by atoms with van der Waals surface area (Å²) in [5.74, 6) is 1.81. The van der Waals surface area contributed by atoms with Crippen LogP contribution in [-0.2, 0) is 6.54 Å². The van der Waals surface area contributed by atoms with E-state index in [4.69, 9.17) is 0 Å². The number of hydrogen-bond acceptors (Lipinski definition) is 2. The average Bonchev–Trinajstić information content (AvgIpc) is 2.76. The molecule has 1 aromatic heterocycles. The van der Waals surface area contributed by atoms with Crippen LogP contribution in [0.1, 0.15) is 31.1 Å². The molecule has 0 bridgehead atoms. The van der Waals surface area contributed by atoms with Gasteiger partial charge in [-0.25, -0.2) is 0 Å². The van der Waals surface area contributed by atoms with Gasteiger partial charge in [-0.05, 0) is 62.7 Å². The lowest BCUT2D eigenvalue weighted by atomic mass is 9.98. The molecule has 0 amide bonds. The molecule has 0 radical (unpaired) electrons. The molecule has 0 aromatic carbocycles. The lowest BCUT2D eigenvalue weighted by Gasteiger charge is -2.15. The standard InChI is InChI=1S/C12H17Br2NS/c1-8-3-2-4-9(8)6-15-7-10-5-11(13)12(14)16-10/h5,8-9,15H,2-4,6-7H2,1H3. The normalized spacial score (nSPS) is 25.2. The second-order valence-corrected chi connectivity index (χ2v) is 7.94. The fraction of sp³-hybridized carbons (Fsp3) is 0.667. The Balaban J connectivity index is 1.75. The van der Waals surface area contributed by atoms with Crippen molar-refractivity contribution in [2.75, 3.05) is 6.54 Å². The first-order valence-corrected chi connectivity index (χ1v) is 8.21. The number of rotatable bonds is 4. The van der Waals surface area contributed by atoms with Gasteiger partial charge in [0.2, 0.25) is 0 Å². The minimum atomic E-state index is 0.895. The third kappa shape index (κ3) is 3.31. The van der Waals surface area contributed by atoms with Crippen molar-refractivity contribution in [1.29, 1.82) is 0 Å². The summed E-state index contributed by atoms with van der Waals surface area (Å²) in [4.78, 5) is 1.39. The van der Waals surface area contributed by atoms with Crippen LogP contribution >= 0.6 is 43.2 Å². The molecule has 1 aromatic rings. The number of thiophene rings is 1. The lowest BCUT2D eigenvalue weighted by Crippen LogP contribution is -2.23. The Hall–Kier alpha value is 0.620. The Labute approximate surface area is 118 Å². The molecular weight excluding hydrogens is 350 g/mol. The first-order valence-electron chi connectivity index (χ1n) is 5.81. The predicted molar refractivity (Wildman–Crippen MR) is 77.9 cm³/mol. The van der Waals surface area contributed by atoms with Crippen molar-refractivity contribution in [2.45, 2.75) is 32.7 Å². The zero-order valence-electron chi connectivity index (χ0n) is 9.43. The Kier molecular flexibility index (Phi) is 4.89. The molecule has 2 unspecified atom stereocenters. The Morgan fingerprint density at radius 1 is 1.44 bits per heavy atom. The summed E-state index contributed by atoms with van der Waals surface area (Å²) in [6.45, 7) is 4.56. The van der Waals surface area contributed by atoms with Gasteiger partial charge in [0, 0.05) is 15.9 Å². The van der Waals surface area contributed by atoms with E-state index in [0.29, 0.717) is 0 Å². The lowest BCUT2D eigenvalue weighted by molar-refractivity contribution is 0.392. The molecule has 1 aliphatic rings. The maximum Gasteiger partial charge on any atom is 0.0843 e. The van der Waals surface area contributed by atoms with Gasteiger partial charge in [0.1, 0.15) is 0 Å². The Bertz CT molecular complexity index is 331. The van der Waals surface area contributed by atoms with Crippen LogP contribution in [0.5, 0.6) is 0 Å². The molecule has 1 N–H and O–H groups in total. The summed E-state index contributed by atoms with van der Waals surface area (Å²) in [5.41, 5.74) is 0. The number of nitrogens with one attached hydrogen (secondary N) is 1. The topological polar surface area (TPSA) is 12.0 Å². The fourth-order valence-corrected chi connectivity index (χ4v) is 4.53. The highest BCUT2D eigenvalue weighted by Gasteiger charge is 2.22. The molecule has 1 heterocycles. The number of halogens is 2. The largest absolute Gasteiger partial charge is 0.312 e. The Morgan fingerprint density at radius 2 is 2.25 bits per heavy atom. The van der Waals surface area contributed by atoms with E-state index in [1.54, 1.807) is 11.3 Å². The molecule has 1 fully saturated rings. The van der Waals surface area contributed by atoms with E-state index in [1.165, 1.54) is 38.9 Å². The van der Waals surface area contributed by atoms with Gasteiger partial charge in [0.05, 0.1) is 3.79 Å². The van der Waals surface area contributed by atoms with Crippen molar-refractivity contribution in [3.05, 3.63) is 19.2 Å². The van der Waals surface area contributed by atoms with Crippen molar-refractivity contribution in [3.8, 4) is 0 Å². The van der Waals surface area contributed by atoms with E-state index >= 15 is 0 Å². The molecule has 2 rings (SSSR count). The second-order valence-electron chi connectivity index (χ2n) is 4.63. The van der Waals surface area contributed by atoms with E-state index in [1.807, 2.05) is 0 Å². The maximum atomic E-state index is 3.58. The van der Waals surface area contributed by atoms with Gasteiger partial charge >= 0.3 is 0 Å². The summed E-state index contributed by atoms with van der Waals surface area (Å²) in [5, 5.41) is 3.58. The summed E-state index contributed by atoms with van der Waals surface area (Å²) in [6.07, 6.45) is 4.25. The quantitative estimate of drug-likeness (QED) is 0.806. The SMILES string of the molecule is CC1CCCC1CNCc1cc(Br)c(Br)s1. The average molecular weight is 367 g/mol. The molecule has 16 heavy (non-hydrogen) atoms. The van der Waals surface area contributed by atoms with Crippen LogP contribution in [-0.4, -0.2) is 6.54 Å². The van der Waals surface area contributed by atoms with Crippen LogP contribution in [0.15, 0.2) is 14.3 Å². The van der Waals surface area contributed by atoms with E-state index in [-0.39, 0.29) is 0 Å². The monoisotopic (exact) mass is 365 g/mol. The summed E-state index contributed by atoms with van der Waals surface area (Å²) in [6, 6.07) is 2.19. The smallest absolute Gasteiger partial charge is 0.0843 e. The zero-order valence-corrected chi connectivity index (χ0v) is 13.4. The van der Waals surface area contributed by atoms with Gasteiger partial charge in [-0.15, -0.1) is 11.3 Å². The molecule has 1 nitrogen and oxygen atoms in total. The number of hydrogen-bond donors (Lipinski definition) is 1. The highest BCUT2D eigenvalue weighted by molar-refractivity contribution is 9.13. The van der Waals surface area contributed by atoms with Gasteiger partial charge in [0.25, 0.3) is 0 Å². The Morgan fingerprint density at radius 3 is 2.81 bits per heavy atom. The first-order chi connectivity index (χ1) is 7.66. The highest BCUT2D eigenvalue weighted by atomic mass is 79.9. The van der Waals surface area contributed by atoms with Crippen molar-refractivity contribution in [1.82, 2.24) is 5.32 Å². The minimum absolute atomic E-state index is 0.895. The molecule has 4 heteroatoms. The zero-order chi connectivity index (χ0) is 11.5. The predicted octanol–water partition coefficient (Wildman–Crippen LogP) is 4.80. The third-order valence-corrected chi connectivity index (χ3v) is 6.70. The summed E-state index contributed by atoms with van der Waals surface area (Å²) in [7, 11) is 0. The van der Waals surface area contributed by atoms with Crippen molar-refractivity contribution >= 4 is 43.2 Å². The third-order valence-electron chi connectivity index (χ3n) is 3.44. The first kappa shape index (κ1) is 13.1. The molecule has 0 saturated heterocycles. The fourth-order valence-electron chi connectivity index (χ4n) is 2.38. The molecule has 0 aliphatic heterocycles. The van der Waals surface area contributed by atoms with Crippen LogP contribution < -0.4 is 5.32 Å². The maximum absolute atomic E-state index is 3.58. The molecule has 90 valence electrons. The van der Waals surface area contributed by atoms with Gasteiger partial charge in [-0.2, -0.15) is 0 Å². The van der Waals surface area contributed by atoms with Gasteiger partial charge in [-0.1, -0.05) is 19.8 Å². The molecule has 1 aliphatic carbocycles. The molecule has 0 spiro atoms. The van der Waals surface area contributed by atoms with Crippen molar-refractivity contribution in [2.24, 2.45) is 11.8 Å². The van der Waals surface area contributed by atoms with Gasteiger partial charge in [-0.3, -0.25) is 0 Å². The van der Waals surface area contributed by atoms with Crippen LogP contribution in [0.3, 0.4) is 0 Å². The molecule has 1 saturated carbocycles. The van der Waals surface area contributed by atoms with Crippen molar-refractivity contribution < 1.29 is 0 Å². The van der Waals surface area contributed by atoms with E-state index in [0.717, 1.165) is 18.4 Å². The minimum Gasteiger partial charge on any atom is -0.312 e. The molecular formula is C12H17Br2NS. The summed E-state index contributed by atoms with van der Waals surface area (Å²) < 4.78 is 2.36. The van der Waals surface area contributed by atoms with Gasteiger partial charge in [0.15, 0.2) is 0 Å². The van der Waals surface area contributed by atoms with Crippen LogP contribution in [0.2, 0.25) is 0 Å². The van der Waals surface area contributed by atoms with E-state index < -0.39 is 0 Å². The van der Waals surface area contributed by atoms with E-state index in [2.05, 4.69) is 50.2 Å². The summed E-state index contributed by atoms with van der Waals surface area (Å²) >= 11 is 8.85.